The second-order valence-electron chi connectivity index (χ2n) is 6.67. The Hall–Kier alpha value is -3.13. The number of rotatable bonds is 7. The molecular weight excluding hydrogens is 386 g/mol. The summed E-state index contributed by atoms with van der Waals surface area (Å²) in [6, 6.07) is 15.5. The first-order valence-electron chi connectivity index (χ1n) is 9.15. The topological polar surface area (TPSA) is 88.9 Å². The zero-order chi connectivity index (χ0) is 20.8. The van der Waals surface area contributed by atoms with Gasteiger partial charge in [-0.2, -0.15) is 0 Å². The summed E-state index contributed by atoms with van der Waals surface area (Å²) >= 11 is 1.34. The lowest BCUT2D eigenvalue weighted by Gasteiger charge is -2.07. The minimum Gasteiger partial charge on any atom is -0.351 e. The summed E-state index contributed by atoms with van der Waals surface area (Å²) in [5.74, 6) is 0.789. The molecule has 0 fully saturated rings. The van der Waals surface area contributed by atoms with Gasteiger partial charge < -0.3 is 15.2 Å². The van der Waals surface area contributed by atoms with Crippen molar-refractivity contribution >= 4 is 29.3 Å². The number of hydrogen-bond donors (Lipinski definition) is 2. The number of thioether (sulfide) groups is 1. The molecule has 0 aliphatic carbocycles. The molecule has 29 heavy (non-hydrogen) atoms. The van der Waals surface area contributed by atoms with Gasteiger partial charge in [0.05, 0.1) is 5.75 Å². The maximum atomic E-state index is 12.1. The third kappa shape index (κ3) is 5.68. The lowest BCUT2D eigenvalue weighted by atomic mass is 10.1. The summed E-state index contributed by atoms with van der Waals surface area (Å²) in [4.78, 5) is 23.3. The van der Waals surface area contributed by atoms with E-state index >= 15 is 0 Å². The van der Waals surface area contributed by atoms with Gasteiger partial charge in [0.15, 0.2) is 11.0 Å². The Morgan fingerprint density at radius 3 is 2.38 bits per heavy atom. The number of nitrogens with one attached hydrogen (secondary N) is 2. The number of aryl methyl sites for hydroxylation is 1. The molecule has 0 spiro atoms. The molecule has 8 heteroatoms. The number of nitrogens with zero attached hydrogens (tertiary/aromatic N) is 3. The molecular formula is C21H23N5O2S. The Labute approximate surface area is 173 Å². The molecule has 0 unspecified atom stereocenters. The third-order valence-electron chi connectivity index (χ3n) is 4.24. The number of amides is 2. The maximum absolute atomic E-state index is 12.1. The van der Waals surface area contributed by atoms with Gasteiger partial charge in [0, 0.05) is 31.8 Å². The van der Waals surface area contributed by atoms with E-state index in [4.69, 9.17) is 0 Å². The molecule has 0 bridgehead atoms. The number of anilines is 1. The van der Waals surface area contributed by atoms with Crippen LogP contribution >= 0.6 is 11.8 Å². The van der Waals surface area contributed by atoms with E-state index in [2.05, 4.69) is 20.8 Å². The third-order valence-corrected chi connectivity index (χ3v) is 5.26. The first-order valence-corrected chi connectivity index (χ1v) is 10.1. The van der Waals surface area contributed by atoms with Crippen molar-refractivity contribution in [3.8, 4) is 11.4 Å². The van der Waals surface area contributed by atoms with E-state index in [1.807, 2.05) is 67.1 Å². The Kier molecular flexibility index (Phi) is 6.66. The summed E-state index contributed by atoms with van der Waals surface area (Å²) in [7, 11) is 1.86. The van der Waals surface area contributed by atoms with Crippen molar-refractivity contribution in [2.45, 2.75) is 25.5 Å². The van der Waals surface area contributed by atoms with E-state index in [1.54, 1.807) is 0 Å². The fraction of sp³-hybridized carbons (Fsp3) is 0.238. The molecule has 0 atom stereocenters. The minimum atomic E-state index is -0.115. The second kappa shape index (κ2) is 9.38. The lowest BCUT2D eigenvalue weighted by molar-refractivity contribution is -0.118. The summed E-state index contributed by atoms with van der Waals surface area (Å²) in [6.45, 7) is 4.01. The fourth-order valence-electron chi connectivity index (χ4n) is 2.69. The van der Waals surface area contributed by atoms with Crippen LogP contribution in [-0.4, -0.2) is 32.3 Å². The van der Waals surface area contributed by atoms with E-state index in [0.29, 0.717) is 17.5 Å². The van der Waals surface area contributed by atoms with Crippen LogP contribution in [0.25, 0.3) is 11.4 Å². The SMILES string of the molecule is CC(=O)Nc1ccc(-c2nnc(SCC(=O)NCc3ccc(C)cc3)n2C)cc1. The van der Waals surface area contributed by atoms with Crippen LogP contribution in [-0.2, 0) is 23.2 Å². The summed E-state index contributed by atoms with van der Waals surface area (Å²) in [5, 5.41) is 14.7. The highest BCUT2D eigenvalue weighted by Gasteiger charge is 2.13. The zero-order valence-electron chi connectivity index (χ0n) is 16.6. The lowest BCUT2D eigenvalue weighted by Crippen LogP contribution is -2.24. The molecule has 1 heterocycles. The highest BCUT2D eigenvalue weighted by atomic mass is 32.2. The molecule has 0 aliphatic heterocycles. The Balaban J connectivity index is 1.55. The second-order valence-corrected chi connectivity index (χ2v) is 7.62. The van der Waals surface area contributed by atoms with E-state index in [-0.39, 0.29) is 17.6 Å². The molecule has 0 radical (unpaired) electrons. The van der Waals surface area contributed by atoms with Crippen LogP contribution in [0.15, 0.2) is 53.7 Å². The van der Waals surface area contributed by atoms with Crippen molar-refractivity contribution in [1.82, 2.24) is 20.1 Å². The van der Waals surface area contributed by atoms with Gasteiger partial charge in [-0.15, -0.1) is 10.2 Å². The first-order chi connectivity index (χ1) is 13.9. The zero-order valence-corrected chi connectivity index (χ0v) is 17.4. The monoisotopic (exact) mass is 409 g/mol. The average Bonchev–Trinajstić information content (AvgIpc) is 3.06. The van der Waals surface area contributed by atoms with Gasteiger partial charge in [0.1, 0.15) is 0 Å². The van der Waals surface area contributed by atoms with Crippen molar-refractivity contribution in [3.63, 3.8) is 0 Å². The van der Waals surface area contributed by atoms with Gasteiger partial charge in [-0.1, -0.05) is 41.6 Å². The van der Waals surface area contributed by atoms with Crippen LogP contribution in [0.1, 0.15) is 18.1 Å². The highest BCUT2D eigenvalue weighted by molar-refractivity contribution is 7.99. The predicted octanol–water partition coefficient (Wildman–Crippen LogP) is 3.16. The van der Waals surface area contributed by atoms with Gasteiger partial charge in [-0.3, -0.25) is 9.59 Å². The van der Waals surface area contributed by atoms with Crippen LogP contribution in [0, 0.1) is 6.92 Å². The maximum Gasteiger partial charge on any atom is 0.230 e. The number of benzene rings is 2. The van der Waals surface area contributed by atoms with Crippen molar-refractivity contribution in [1.29, 1.82) is 0 Å². The number of carbonyl (C=O) groups is 2. The fourth-order valence-corrected chi connectivity index (χ4v) is 3.43. The van der Waals surface area contributed by atoms with Crippen LogP contribution in [0.3, 0.4) is 0 Å². The standard InChI is InChI=1S/C21H23N5O2S/c1-14-4-6-16(7-5-14)12-22-19(28)13-29-21-25-24-20(26(21)3)17-8-10-18(11-9-17)23-15(2)27/h4-11H,12-13H2,1-3H3,(H,22,28)(H,23,27). The average molecular weight is 410 g/mol. The summed E-state index contributed by atoms with van der Waals surface area (Å²) in [5.41, 5.74) is 3.86. The molecule has 7 nitrogen and oxygen atoms in total. The van der Waals surface area contributed by atoms with Crippen molar-refractivity contribution in [2.24, 2.45) is 7.05 Å². The van der Waals surface area contributed by atoms with Crippen molar-refractivity contribution < 1.29 is 9.59 Å². The molecule has 2 aromatic carbocycles. The molecule has 2 N–H and O–H groups in total. The van der Waals surface area contributed by atoms with E-state index in [1.165, 1.54) is 24.2 Å². The summed E-state index contributed by atoms with van der Waals surface area (Å²) < 4.78 is 1.85. The molecule has 3 aromatic rings. The highest BCUT2D eigenvalue weighted by Crippen LogP contribution is 2.23. The van der Waals surface area contributed by atoms with Crippen LogP contribution in [0.2, 0.25) is 0 Å². The van der Waals surface area contributed by atoms with E-state index in [9.17, 15) is 9.59 Å². The number of aromatic nitrogens is 3. The minimum absolute atomic E-state index is 0.0558. The number of hydrogen-bond acceptors (Lipinski definition) is 5. The Morgan fingerprint density at radius 1 is 1.03 bits per heavy atom. The molecule has 2 amide bonds. The van der Waals surface area contributed by atoms with Crippen molar-refractivity contribution in [2.75, 3.05) is 11.1 Å². The molecule has 3 rings (SSSR count). The normalized spacial score (nSPS) is 10.6. The largest absolute Gasteiger partial charge is 0.351 e. The van der Waals surface area contributed by atoms with E-state index in [0.717, 1.165) is 16.8 Å². The quantitative estimate of drug-likeness (QED) is 0.585. The van der Waals surface area contributed by atoms with Crippen LogP contribution in [0.5, 0.6) is 0 Å². The van der Waals surface area contributed by atoms with Crippen molar-refractivity contribution in [3.05, 3.63) is 59.7 Å². The Bertz CT molecular complexity index is 997. The molecule has 0 saturated carbocycles. The van der Waals surface area contributed by atoms with E-state index < -0.39 is 0 Å². The predicted molar refractivity (Wildman–Crippen MR) is 114 cm³/mol. The first kappa shape index (κ1) is 20.6. The van der Waals surface area contributed by atoms with Gasteiger partial charge in [-0.05, 0) is 36.8 Å². The molecule has 150 valence electrons. The molecule has 0 saturated heterocycles. The molecule has 1 aromatic heterocycles. The Morgan fingerprint density at radius 2 is 1.72 bits per heavy atom. The number of carbonyl (C=O) groups excluding carboxylic acids is 2. The van der Waals surface area contributed by atoms with Gasteiger partial charge in [0.2, 0.25) is 11.8 Å². The molecule has 0 aliphatic rings. The van der Waals surface area contributed by atoms with Gasteiger partial charge in [0.25, 0.3) is 0 Å². The summed E-state index contributed by atoms with van der Waals surface area (Å²) in [6.07, 6.45) is 0. The van der Waals surface area contributed by atoms with Crippen LogP contribution < -0.4 is 10.6 Å². The van der Waals surface area contributed by atoms with Gasteiger partial charge >= 0.3 is 0 Å². The van der Waals surface area contributed by atoms with Crippen LogP contribution in [0.4, 0.5) is 5.69 Å². The van der Waals surface area contributed by atoms with Gasteiger partial charge in [-0.25, -0.2) is 0 Å². The smallest absolute Gasteiger partial charge is 0.230 e.